The molecule has 0 aliphatic rings. The van der Waals surface area contributed by atoms with E-state index in [9.17, 15) is 13.2 Å². The molecule has 0 aliphatic carbocycles. The van der Waals surface area contributed by atoms with Crippen LogP contribution in [0.3, 0.4) is 0 Å². The van der Waals surface area contributed by atoms with E-state index in [2.05, 4.69) is 5.32 Å². The highest BCUT2D eigenvalue weighted by Gasteiger charge is 2.38. The van der Waals surface area contributed by atoms with Crippen LogP contribution in [0.5, 0.6) is 0 Å². The molecule has 0 fully saturated rings. The lowest BCUT2D eigenvalue weighted by Crippen LogP contribution is -2.47. The van der Waals surface area contributed by atoms with E-state index in [1.807, 2.05) is 6.07 Å². The molecule has 0 saturated carbocycles. The van der Waals surface area contributed by atoms with Crippen molar-refractivity contribution in [1.29, 1.82) is 5.26 Å². The Hall–Kier alpha value is -1.87. The summed E-state index contributed by atoms with van der Waals surface area (Å²) in [6.07, 6.45) is 1.03. The van der Waals surface area contributed by atoms with E-state index < -0.39 is 20.5 Å². The fraction of sp³-hybridized carbons (Fsp3) is 0.385. The summed E-state index contributed by atoms with van der Waals surface area (Å²) in [4.78, 5) is 11.9. The Morgan fingerprint density at radius 1 is 1.42 bits per heavy atom. The fourth-order valence-corrected chi connectivity index (χ4v) is 1.72. The smallest absolute Gasteiger partial charge is 0.241 e. The minimum Gasteiger partial charge on any atom is -0.351 e. The number of benzene rings is 1. The monoisotopic (exact) mass is 280 g/mol. The highest BCUT2D eigenvalue weighted by atomic mass is 32.2. The molecular formula is C13H16N2O3S. The lowest BCUT2D eigenvalue weighted by atomic mass is 10.1. The number of carbonyl (C=O) groups is 1. The van der Waals surface area contributed by atoms with E-state index in [0.717, 1.165) is 11.8 Å². The Labute approximate surface area is 113 Å². The van der Waals surface area contributed by atoms with Gasteiger partial charge in [-0.05, 0) is 31.5 Å². The number of nitrogens with one attached hydrogen (secondary N) is 1. The van der Waals surface area contributed by atoms with Crippen LogP contribution in [0.25, 0.3) is 0 Å². The summed E-state index contributed by atoms with van der Waals surface area (Å²) in [6, 6.07) is 8.77. The Kier molecular flexibility index (Phi) is 4.32. The van der Waals surface area contributed by atoms with Gasteiger partial charge in [0, 0.05) is 12.8 Å². The number of hydrogen-bond donors (Lipinski definition) is 1. The largest absolute Gasteiger partial charge is 0.351 e. The molecule has 102 valence electrons. The summed E-state index contributed by atoms with van der Waals surface area (Å²) in [5, 5.41) is 11.3. The first-order valence-corrected chi connectivity index (χ1v) is 7.54. The summed E-state index contributed by atoms with van der Waals surface area (Å²) in [7, 11) is -3.48. The van der Waals surface area contributed by atoms with Gasteiger partial charge in [0.2, 0.25) is 5.91 Å². The van der Waals surface area contributed by atoms with Crippen molar-refractivity contribution in [2.75, 3.05) is 6.26 Å². The van der Waals surface area contributed by atoms with Gasteiger partial charge in [-0.2, -0.15) is 5.26 Å². The number of rotatable bonds is 4. The molecule has 0 unspecified atom stereocenters. The van der Waals surface area contributed by atoms with Crippen LogP contribution in [0.15, 0.2) is 24.3 Å². The normalized spacial score (nSPS) is 11.7. The number of carbonyl (C=O) groups excluding carboxylic acids is 1. The molecule has 1 amide bonds. The van der Waals surface area contributed by atoms with Crippen molar-refractivity contribution in [2.24, 2.45) is 0 Å². The summed E-state index contributed by atoms with van der Waals surface area (Å²) in [5.41, 5.74) is 1.24. The highest BCUT2D eigenvalue weighted by molar-refractivity contribution is 7.92. The maximum absolute atomic E-state index is 11.9. The Morgan fingerprint density at radius 3 is 2.58 bits per heavy atom. The minimum absolute atomic E-state index is 0.188. The Morgan fingerprint density at radius 2 is 2.05 bits per heavy atom. The topological polar surface area (TPSA) is 87.0 Å². The molecule has 1 N–H and O–H groups in total. The Bertz CT molecular complexity index is 628. The summed E-state index contributed by atoms with van der Waals surface area (Å²) in [6.45, 7) is 2.92. The molecule has 0 bridgehead atoms. The van der Waals surface area contributed by atoms with E-state index in [-0.39, 0.29) is 6.54 Å². The molecule has 1 aromatic carbocycles. The molecule has 0 saturated heterocycles. The number of hydrogen-bond acceptors (Lipinski definition) is 4. The van der Waals surface area contributed by atoms with Gasteiger partial charge in [0.05, 0.1) is 11.6 Å². The second-order valence-electron chi connectivity index (χ2n) is 4.78. The summed E-state index contributed by atoms with van der Waals surface area (Å²) < 4.78 is 21.5. The minimum atomic E-state index is -3.48. The third-order valence-electron chi connectivity index (χ3n) is 2.98. The van der Waals surface area contributed by atoms with Gasteiger partial charge < -0.3 is 5.32 Å². The molecule has 0 aliphatic heterocycles. The third-order valence-corrected chi connectivity index (χ3v) is 5.02. The molecule has 0 aromatic heterocycles. The van der Waals surface area contributed by atoms with Gasteiger partial charge in [0.1, 0.15) is 4.75 Å². The highest BCUT2D eigenvalue weighted by Crippen LogP contribution is 2.15. The van der Waals surface area contributed by atoms with Crippen LogP contribution in [0, 0.1) is 11.3 Å². The second kappa shape index (κ2) is 5.41. The zero-order valence-corrected chi connectivity index (χ0v) is 11.9. The molecule has 0 radical (unpaired) electrons. The molecule has 0 atom stereocenters. The SMILES string of the molecule is CC(C)(C(=O)NCc1cccc(C#N)c1)S(C)(=O)=O. The van der Waals surface area contributed by atoms with Crippen LogP contribution in [-0.4, -0.2) is 25.3 Å². The molecule has 1 aromatic rings. The van der Waals surface area contributed by atoms with Crippen LogP contribution >= 0.6 is 0 Å². The maximum atomic E-state index is 11.9. The first kappa shape index (κ1) is 15.2. The van der Waals surface area contributed by atoms with Gasteiger partial charge in [-0.15, -0.1) is 0 Å². The van der Waals surface area contributed by atoms with Crippen molar-refractivity contribution in [2.45, 2.75) is 25.1 Å². The van der Waals surface area contributed by atoms with Gasteiger partial charge in [-0.25, -0.2) is 8.42 Å². The summed E-state index contributed by atoms with van der Waals surface area (Å²) >= 11 is 0. The van der Waals surface area contributed by atoms with Gasteiger partial charge in [0.15, 0.2) is 9.84 Å². The van der Waals surface area contributed by atoms with Crippen LogP contribution in [-0.2, 0) is 21.2 Å². The van der Waals surface area contributed by atoms with Crippen molar-refractivity contribution in [1.82, 2.24) is 5.32 Å². The van der Waals surface area contributed by atoms with Crippen molar-refractivity contribution >= 4 is 15.7 Å². The van der Waals surface area contributed by atoms with E-state index in [1.165, 1.54) is 13.8 Å². The molecule has 0 spiro atoms. The molecule has 19 heavy (non-hydrogen) atoms. The van der Waals surface area contributed by atoms with E-state index in [4.69, 9.17) is 5.26 Å². The van der Waals surface area contributed by atoms with E-state index >= 15 is 0 Å². The number of sulfone groups is 1. The fourth-order valence-electron chi connectivity index (χ4n) is 1.31. The first-order chi connectivity index (χ1) is 8.68. The predicted octanol–water partition coefficient (Wildman–Crippen LogP) is 0.998. The van der Waals surface area contributed by atoms with Gasteiger partial charge in [-0.1, -0.05) is 12.1 Å². The average molecular weight is 280 g/mol. The summed E-state index contributed by atoms with van der Waals surface area (Å²) in [5.74, 6) is -0.558. The molecule has 1 rings (SSSR count). The van der Waals surface area contributed by atoms with Crippen LogP contribution in [0.4, 0.5) is 0 Å². The molecule has 0 heterocycles. The molecule has 6 heteroatoms. The van der Waals surface area contributed by atoms with E-state index in [0.29, 0.717) is 5.56 Å². The molecular weight excluding hydrogens is 264 g/mol. The average Bonchev–Trinajstić information content (AvgIpc) is 2.34. The van der Waals surface area contributed by atoms with Crippen molar-refractivity contribution in [3.63, 3.8) is 0 Å². The number of amides is 1. The van der Waals surface area contributed by atoms with E-state index in [1.54, 1.807) is 24.3 Å². The number of nitriles is 1. The van der Waals surface area contributed by atoms with Crippen molar-refractivity contribution in [3.05, 3.63) is 35.4 Å². The van der Waals surface area contributed by atoms with Crippen LogP contribution in [0.1, 0.15) is 25.0 Å². The zero-order chi connectivity index (χ0) is 14.7. The second-order valence-corrected chi connectivity index (χ2v) is 7.34. The first-order valence-electron chi connectivity index (χ1n) is 5.65. The van der Waals surface area contributed by atoms with Crippen molar-refractivity contribution in [3.8, 4) is 6.07 Å². The van der Waals surface area contributed by atoms with Gasteiger partial charge in [0.25, 0.3) is 0 Å². The predicted molar refractivity (Wildman–Crippen MR) is 71.9 cm³/mol. The van der Waals surface area contributed by atoms with Crippen LogP contribution < -0.4 is 5.32 Å². The standard InChI is InChI=1S/C13H16N2O3S/c1-13(2,19(3,17)18)12(16)15-9-11-6-4-5-10(7-11)8-14/h4-7H,9H2,1-3H3,(H,15,16). The third kappa shape index (κ3) is 3.55. The van der Waals surface area contributed by atoms with Crippen molar-refractivity contribution < 1.29 is 13.2 Å². The lowest BCUT2D eigenvalue weighted by molar-refractivity contribution is -0.123. The maximum Gasteiger partial charge on any atom is 0.241 e. The van der Waals surface area contributed by atoms with Gasteiger partial charge >= 0.3 is 0 Å². The molecule has 5 nitrogen and oxygen atoms in total. The van der Waals surface area contributed by atoms with Gasteiger partial charge in [-0.3, -0.25) is 4.79 Å². The number of nitrogens with zero attached hydrogens (tertiary/aromatic N) is 1. The Balaban J connectivity index is 2.78. The quantitative estimate of drug-likeness (QED) is 0.891. The van der Waals surface area contributed by atoms with Crippen LogP contribution in [0.2, 0.25) is 0 Å². The zero-order valence-electron chi connectivity index (χ0n) is 11.1. The lowest BCUT2D eigenvalue weighted by Gasteiger charge is -2.21.